The fourth-order valence-electron chi connectivity index (χ4n) is 3.10. The maximum atomic E-state index is 12.2. The minimum absolute atomic E-state index is 0.0890. The maximum absolute atomic E-state index is 12.2. The van der Waals surface area contributed by atoms with E-state index in [0.29, 0.717) is 5.69 Å². The van der Waals surface area contributed by atoms with Crippen LogP contribution >= 0.6 is 0 Å². The minimum Gasteiger partial charge on any atom is -0.464 e. The molecule has 0 radical (unpaired) electrons. The molecule has 0 saturated heterocycles. The van der Waals surface area contributed by atoms with Crippen molar-refractivity contribution in [2.45, 2.75) is 0 Å². The van der Waals surface area contributed by atoms with Crippen LogP contribution in [0, 0.1) is 11.3 Å². The first-order valence-electron chi connectivity index (χ1n) is 8.70. The number of methoxy groups -OCH3 is 1. The van der Waals surface area contributed by atoms with E-state index in [1.165, 1.54) is 13.3 Å². The van der Waals surface area contributed by atoms with Crippen LogP contribution in [0.4, 0.5) is 5.69 Å². The van der Waals surface area contributed by atoms with Crippen molar-refractivity contribution >= 4 is 11.7 Å². The monoisotopic (exact) mass is 384 g/mol. The second-order valence-corrected chi connectivity index (χ2v) is 6.19. The zero-order chi connectivity index (χ0) is 20.4. The first-order chi connectivity index (χ1) is 14.1. The molecule has 142 valence electrons. The summed E-state index contributed by atoms with van der Waals surface area (Å²) in [6, 6.07) is 19.1. The van der Waals surface area contributed by atoms with E-state index in [-0.39, 0.29) is 16.9 Å². The molecule has 4 aromatic rings. The molecule has 2 N–H and O–H groups in total. The molecule has 2 heterocycles. The third-order valence-electron chi connectivity index (χ3n) is 4.53. The molecule has 2 aromatic heterocycles. The Kier molecular flexibility index (Phi) is 4.55. The average molecular weight is 384 g/mol. The van der Waals surface area contributed by atoms with E-state index in [0.717, 1.165) is 16.9 Å². The van der Waals surface area contributed by atoms with Crippen molar-refractivity contribution in [1.29, 1.82) is 5.26 Å². The number of ether oxygens (including phenoxy) is 1. The van der Waals surface area contributed by atoms with Gasteiger partial charge in [-0.3, -0.25) is 0 Å². The van der Waals surface area contributed by atoms with Gasteiger partial charge in [0.15, 0.2) is 5.69 Å². The molecule has 0 saturated carbocycles. The van der Waals surface area contributed by atoms with Crippen molar-refractivity contribution in [2.75, 3.05) is 12.8 Å². The molecule has 8 heteroatoms. The molecule has 2 aromatic carbocycles. The highest BCUT2D eigenvalue weighted by Gasteiger charge is 2.21. The van der Waals surface area contributed by atoms with E-state index < -0.39 is 5.97 Å². The van der Waals surface area contributed by atoms with Gasteiger partial charge < -0.3 is 15.0 Å². The van der Waals surface area contributed by atoms with Gasteiger partial charge in [-0.15, -0.1) is 5.10 Å². The van der Waals surface area contributed by atoms with Gasteiger partial charge in [0.2, 0.25) is 0 Å². The first kappa shape index (κ1) is 18.0. The van der Waals surface area contributed by atoms with E-state index >= 15 is 0 Å². The SMILES string of the molecule is COC(=O)c1c(N)c(C#N)cn1-c1ccc(-n2nncc2-c2ccccc2)cc1. The highest BCUT2D eigenvalue weighted by atomic mass is 16.5. The largest absolute Gasteiger partial charge is 0.464 e. The molecule has 0 atom stereocenters. The van der Waals surface area contributed by atoms with Crippen LogP contribution in [0.5, 0.6) is 0 Å². The van der Waals surface area contributed by atoms with Gasteiger partial charge in [0.1, 0.15) is 6.07 Å². The van der Waals surface area contributed by atoms with Gasteiger partial charge in [-0.05, 0) is 24.3 Å². The number of carbonyl (C=O) groups is 1. The number of rotatable bonds is 4. The Balaban J connectivity index is 1.75. The Labute approximate surface area is 166 Å². The molecule has 0 fully saturated rings. The molecular formula is C21H16N6O2. The summed E-state index contributed by atoms with van der Waals surface area (Å²) >= 11 is 0. The highest BCUT2D eigenvalue weighted by Crippen LogP contribution is 2.26. The van der Waals surface area contributed by atoms with Gasteiger partial charge in [0.25, 0.3) is 0 Å². The molecule has 8 nitrogen and oxygen atoms in total. The number of benzene rings is 2. The zero-order valence-corrected chi connectivity index (χ0v) is 15.5. The van der Waals surface area contributed by atoms with E-state index in [9.17, 15) is 10.1 Å². The predicted molar refractivity (Wildman–Crippen MR) is 107 cm³/mol. The van der Waals surface area contributed by atoms with Gasteiger partial charge >= 0.3 is 5.97 Å². The van der Waals surface area contributed by atoms with Crippen LogP contribution in [0.15, 0.2) is 67.0 Å². The molecule has 0 unspecified atom stereocenters. The number of aromatic nitrogens is 4. The average Bonchev–Trinajstić information content (AvgIpc) is 3.38. The van der Waals surface area contributed by atoms with Crippen LogP contribution in [0.25, 0.3) is 22.6 Å². The molecule has 0 amide bonds. The summed E-state index contributed by atoms with van der Waals surface area (Å²) in [5, 5.41) is 17.5. The van der Waals surface area contributed by atoms with Gasteiger partial charge in [0, 0.05) is 17.4 Å². The maximum Gasteiger partial charge on any atom is 0.357 e. The molecule has 0 aliphatic rings. The Morgan fingerprint density at radius 2 is 1.79 bits per heavy atom. The van der Waals surface area contributed by atoms with Crippen molar-refractivity contribution < 1.29 is 9.53 Å². The molecular weight excluding hydrogens is 368 g/mol. The fraction of sp³-hybridized carbons (Fsp3) is 0.0476. The number of nitriles is 1. The van der Waals surface area contributed by atoms with Crippen LogP contribution in [-0.2, 0) is 4.74 Å². The lowest BCUT2D eigenvalue weighted by atomic mass is 10.1. The molecule has 0 spiro atoms. The van der Waals surface area contributed by atoms with Crippen LogP contribution in [0.2, 0.25) is 0 Å². The van der Waals surface area contributed by atoms with Crippen LogP contribution < -0.4 is 5.73 Å². The van der Waals surface area contributed by atoms with Crippen LogP contribution in [0.3, 0.4) is 0 Å². The summed E-state index contributed by atoms with van der Waals surface area (Å²) in [7, 11) is 1.27. The Morgan fingerprint density at radius 1 is 1.10 bits per heavy atom. The quantitative estimate of drug-likeness (QED) is 0.542. The normalized spacial score (nSPS) is 10.5. The second kappa shape index (κ2) is 7.32. The smallest absolute Gasteiger partial charge is 0.357 e. The molecule has 4 rings (SSSR count). The predicted octanol–water partition coefficient (Wildman–Crippen LogP) is 2.97. The third-order valence-corrected chi connectivity index (χ3v) is 4.53. The van der Waals surface area contributed by atoms with Crippen molar-refractivity contribution in [3.05, 3.63) is 78.2 Å². The lowest BCUT2D eigenvalue weighted by Gasteiger charge is -2.10. The summed E-state index contributed by atoms with van der Waals surface area (Å²) < 4.78 is 8.08. The molecule has 0 bridgehead atoms. The Bertz CT molecular complexity index is 1220. The summed E-state index contributed by atoms with van der Waals surface area (Å²) in [5.74, 6) is -0.615. The van der Waals surface area contributed by atoms with Crippen LogP contribution in [-0.4, -0.2) is 32.6 Å². The van der Waals surface area contributed by atoms with Crippen molar-refractivity contribution in [3.63, 3.8) is 0 Å². The highest BCUT2D eigenvalue weighted by molar-refractivity contribution is 5.95. The number of carbonyl (C=O) groups excluding carboxylic acids is 1. The summed E-state index contributed by atoms with van der Waals surface area (Å²) in [6.07, 6.45) is 3.21. The fourth-order valence-corrected chi connectivity index (χ4v) is 3.10. The Hall–Kier alpha value is -4.38. The summed E-state index contributed by atoms with van der Waals surface area (Å²) in [6.45, 7) is 0. The Morgan fingerprint density at radius 3 is 2.45 bits per heavy atom. The number of nitrogen functional groups attached to an aromatic ring is 1. The van der Waals surface area contributed by atoms with E-state index in [1.54, 1.807) is 27.6 Å². The van der Waals surface area contributed by atoms with Crippen LogP contribution in [0.1, 0.15) is 16.1 Å². The first-order valence-corrected chi connectivity index (χ1v) is 8.70. The number of esters is 1. The molecule has 29 heavy (non-hydrogen) atoms. The van der Waals surface area contributed by atoms with Gasteiger partial charge in [-0.2, -0.15) is 5.26 Å². The number of nitrogens with two attached hydrogens (primary N) is 1. The van der Waals surface area contributed by atoms with Gasteiger partial charge in [-0.1, -0.05) is 35.5 Å². The lowest BCUT2D eigenvalue weighted by molar-refractivity contribution is 0.0593. The third kappa shape index (κ3) is 3.11. The van der Waals surface area contributed by atoms with Crippen molar-refractivity contribution in [2.24, 2.45) is 0 Å². The number of anilines is 1. The zero-order valence-electron chi connectivity index (χ0n) is 15.5. The summed E-state index contributed by atoms with van der Waals surface area (Å²) in [4.78, 5) is 12.2. The number of hydrogen-bond donors (Lipinski definition) is 1. The van der Waals surface area contributed by atoms with Gasteiger partial charge in [0.05, 0.1) is 35.9 Å². The minimum atomic E-state index is -0.615. The standard InChI is InChI=1S/C21H16N6O2/c1-29-21(28)20-19(23)15(11-22)13-26(20)16-7-9-17(10-8-16)27-18(12-24-25-27)14-5-3-2-4-6-14/h2-10,12-13H,23H2,1H3. The van der Waals surface area contributed by atoms with E-state index in [1.807, 2.05) is 48.5 Å². The summed E-state index contributed by atoms with van der Waals surface area (Å²) in [5.41, 5.74) is 9.66. The molecule has 0 aliphatic carbocycles. The van der Waals surface area contributed by atoms with Crippen molar-refractivity contribution in [3.8, 4) is 28.7 Å². The van der Waals surface area contributed by atoms with Crippen molar-refractivity contribution in [1.82, 2.24) is 19.6 Å². The van der Waals surface area contributed by atoms with E-state index in [4.69, 9.17) is 10.5 Å². The number of nitrogens with zero attached hydrogens (tertiary/aromatic N) is 5. The number of hydrogen-bond acceptors (Lipinski definition) is 6. The van der Waals surface area contributed by atoms with Gasteiger partial charge in [-0.25, -0.2) is 9.48 Å². The topological polar surface area (TPSA) is 112 Å². The van der Waals surface area contributed by atoms with E-state index in [2.05, 4.69) is 10.3 Å². The second-order valence-electron chi connectivity index (χ2n) is 6.19. The lowest BCUT2D eigenvalue weighted by Crippen LogP contribution is -2.11. The molecule has 0 aliphatic heterocycles.